The number of aromatic hydroxyl groups is 1. The minimum absolute atomic E-state index is 0.130. The fourth-order valence-electron chi connectivity index (χ4n) is 4.09. The number of hydrogen-bond acceptors (Lipinski definition) is 6. The third-order valence-electron chi connectivity index (χ3n) is 5.38. The smallest absolute Gasteiger partial charge is 0.333 e. The molecule has 2 N–H and O–H groups in total. The molecule has 1 saturated carbocycles. The highest BCUT2D eigenvalue weighted by Crippen LogP contribution is 2.48. The lowest BCUT2D eigenvalue weighted by atomic mass is 10.00. The van der Waals surface area contributed by atoms with E-state index < -0.39 is 23.8 Å². The van der Waals surface area contributed by atoms with E-state index in [1.165, 1.54) is 0 Å². The van der Waals surface area contributed by atoms with Gasteiger partial charge in [0.05, 0.1) is 0 Å². The summed E-state index contributed by atoms with van der Waals surface area (Å²) in [7, 11) is 1.92. The molecule has 0 bridgehead atoms. The second kappa shape index (κ2) is 5.11. The molecule has 2 aromatic rings. The van der Waals surface area contributed by atoms with E-state index in [1.807, 2.05) is 17.7 Å². The van der Waals surface area contributed by atoms with E-state index in [2.05, 4.69) is 5.32 Å². The van der Waals surface area contributed by atoms with Gasteiger partial charge in [-0.05, 0) is 31.0 Å². The average Bonchev–Trinajstić information content (AvgIpc) is 3.30. The Balaban J connectivity index is 1.78. The first-order valence-corrected chi connectivity index (χ1v) is 8.68. The minimum atomic E-state index is -1.25. The first kappa shape index (κ1) is 15.5. The molecule has 3 aliphatic rings. The van der Waals surface area contributed by atoms with Crippen molar-refractivity contribution in [1.29, 1.82) is 0 Å². The van der Waals surface area contributed by atoms with Gasteiger partial charge in [-0.25, -0.2) is 9.59 Å². The van der Waals surface area contributed by atoms with Crippen molar-refractivity contribution in [3.63, 3.8) is 0 Å². The number of carbonyl (C=O) groups excluding carboxylic acids is 2. The highest BCUT2D eigenvalue weighted by atomic mass is 16.6. The molecule has 0 spiro atoms. The van der Waals surface area contributed by atoms with Crippen LogP contribution in [0.25, 0.3) is 10.9 Å². The second-order valence-corrected chi connectivity index (χ2v) is 7.12. The van der Waals surface area contributed by atoms with Crippen LogP contribution in [0.2, 0.25) is 0 Å². The number of aromatic nitrogens is 1. The SMILES string of the molecule is Cn1c2c(c3cc(O)ccc31)C1(NC3CC3)OC(=O)/C=C\C(=O)OC1C2. The largest absolute Gasteiger partial charge is 0.508 e. The van der Waals surface area contributed by atoms with Crippen LogP contribution in [0.3, 0.4) is 0 Å². The third-order valence-corrected chi connectivity index (χ3v) is 5.38. The maximum absolute atomic E-state index is 12.3. The molecular formula is C19H18N2O5. The number of esters is 2. The lowest BCUT2D eigenvalue weighted by molar-refractivity contribution is -0.189. The highest BCUT2D eigenvalue weighted by molar-refractivity contribution is 5.94. The van der Waals surface area contributed by atoms with Gasteiger partial charge >= 0.3 is 11.9 Å². The van der Waals surface area contributed by atoms with Crippen LogP contribution in [0.4, 0.5) is 0 Å². The van der Waals surface area contributed by atoms with Crippen LogP contribution in [-0.4, -0.2) is 33.8 Å². The van der Waals surface area contributed by atoms with E-state index in [9.17, 15) is 14.7 Å². The van der Waals surface area contributed by atoms with Gasteiger partial charge in [0.25, 0.3) is 0 Å². The Kier molecular flexibility index (Phi) is 3.04. The van der Waals surface area contributed by atoms with Crippen LogP contribution in [0.5, 0.6) is 5.75 Å². The van der Waals surface area contributed by atoms with Gasteiger partial charge in [-0.1, -0.05) is 0 Å². The summed E-state index contributed by atoms with van der Waals surface area (Å²) < 4.78 is 13.5. The summed E-state index contributed by atoms with van der Waals surface area (Å²) in [5.74, 6) is -1.02. The Morgan fingerprint density at radius 1 is 1.23 bits per heavy atom. The topological polar surface area (TPSA) is 89.8 Å². The maximum Gasteiger partial charge on any atom is 0.333 e. The molecule has 0 amide bonds. The summed E-state index contributed by atoms with van der Waals surface area (Å²) in [4.78, 5) is 24.4. The van der Waals surface area contributed by atoms with E-state index in [0.29, 0.717) is 6.42 Å². The van der Waals surface area contributed by atoms with Crippen molar-refractivity contribution in [3.05, 3.63) is 41.6 Å². The van der Waals surface area contributed by atoms with E-state index in [-0.39, 0.29) is 11.8 Å². The van der Waals surface area contributed by atoms with Gasteiger partial charge in [0.15, 0.2) is 6.10 Å². The van der Waals surface area contributed by atoms with Crippen LogP contribution in [-0.2, 0) is 38.3 Å². The molecule has 0 radical (unpaired) electrons. The number of hydrogen-bond donors (Lipinski definition) is 2. The molecule has 2 heterocycles. The molecule has 2 aliphatic carbocycles. The van der Waals surface area contributed by atoms with Crippen LogP contribution in [0.15, 0.2) is 30.4 Å². The number of carbonyl (C=O) groups is 2. The predicted molar refractivity (Wildman–Crippen MR) is 91.2 cm³/mol. The highest BCUT2D eigenvalue weighted by Gasteiger charge is 2.57. The maximum atomic E-state index is 12.3. The molecule has 1 aromatic carbocycles. The molecule has 2 atom stereocenters. The van der Waals surface area contributed by atoms with Gasteiger partial charge in [0.1, 0.15) is 5.75 Å². The summed E-state index contributed by atoms with van der Waals surface area (Å²) >= 11 is 0. The lowest BCUT2D eigenvalue weighted by Gasteiger charge is -2.36. The average molecular weight is 354 g/mol. The van der Waals surface area contributed by atoms with E-state index in [4.69, 9.17) is 9.47 Å². The first-order chi connectivity index (χ1) is 12.5. The zero-order valence-electron chi connectivity index (χ0n) is 14.2. The van der Waals surface area contributed by atoms with Crippen molar-refractivity contribution in [2.24, 2.45) is 7.05 Å². The number of rotatable bonds is 2. The normalized spacial score (nSPS) is 28.7. The van der Waals surface area contributed by atoms with Crippen molar-refractivity contribution in [2.75, 3.05) is 0 Å². The minimum Gasteiger partial charge on any atom is -0.508 e. The van der Waals surface area contributed by atoms with Crippen LogP contribution in [0, 0.1) is 0 Å². The van der Waals surface area contributed by atoms with E-state index in [1.54, 1.807) is 12.1 Å². The molecular weight excluding hydrogens is 336 g/mol. The number of aryl methyl sites for hydroxylation is 1. The van der Waals surface area contributed by atoms with Crippen LogP contribution >= 0.6 is 0 Å². The number of phenolic OH excluding ortho intramolecular Hbond substituents is 1. The summed E-state index contributed by atoms with van der Waals surface area (Å²) in [6.07, 6.45) is 3.90. The Morgan fingerprint density at radius 3 is 2.77 bits per heavy atom. The quantitative estimate of drug-likeness (QED) is 0.792. The zero-order valence-corrected chi connectivity index (χ0v) is 14.2. The number of nitrogens with zero attached hydrogens (tertiary/aromatic N) is 1. The molecule has 2 unspecified atom stereocenters. The Bertz CT molecular complexity index is 987. The van der Waals surface area contributed by atoms with Gasteiger partial charge in [0.2, 0.25) is 5.72 Å². The molecule has 1 aromatic heterocycles. The molecule has 134 valence electrons. The van der Waals surface area contributed by atoms with Crippen molar-refractivity contribution in [2.45, 2.75) is 37.1 Å². The van der Waals surface area contributed by atoms with Crippen molar-refractivity contribution in [3.8, 4) is 5.75 Å². The number of fused-ring (bicyclic) bond motifs is 5. The number of benzene rings is 1. The molecule has 7 nitrogen and oxygen atoms in total. The molecule has 1 fully saturated rings. The van der Waals surface area contributed by atoms with Crippen molar-refractivity contribution >= 4 is 22.8 Å². The standard InChI is InChI=1S/C19H18N2O5/c1-21-13-5-4-11(22)8-12(13)18-14(21)9-15-19(18,20-10-2-3-10)26-17(24)7-6-16(23)25-15/h4-8,10,15,20,22H,2-3,9H2,1H3/b7-6-. The molecule has 0 saturated heterocycles. The zero-order chi connectivity index (χ0) is 18.1. The number of nitrogens with one attached hydrogen (secondary N) is 1. The Morgan fingerprint density at radius 2 is 2.00 bits per heavy atom. The van der Waals surface area contributed by atoms with Gasteiger partial charge in [0, 0.05) is 53.8 Å². The Labute approximate surface area is 149 Å². The molecule has 26 heavy (non-hydrogen) atoms. The summed E-state index contributed by atoms with van der Waals surface area (Å²) in [6, 6.07) is 5.32. The number of ether oxygens (including phenoxy) is 2. The molecule has 5 rings (SSSR count). The van der Waals surface area contributed by atoms with Gasteiger partial charge in [-0.15, -0.1) is 0 Å². The molecule has 1 aliphatic heterocycles. The van der Waals surface area contributed by atoms with Gasteiger partial charge in [-0.2, -0.15) is 0 Å². The van der Waals surface area contributed by atoms with Crippen molar-refractivity contribution in [1.82, 2.24) is 9.88 Å². The first-order valence-electron chi connectivity index (χ1n) is 8.68. The Hall–Kier alpha value is -2.80. The third kappa shape index (κ3) is 2.10. The van der Waals surface area contributed by atoms with Gasteiger partial charge in [-0.3, -0.25) is 5.32 Å². The monoisotopic (exact) mass is 354 g/mol. The molecule has 7 heteroatoms. The second-order valence-electron chi connectivity index (χ2n) is 7.12. The van der Waals surface area contributed by atoms with Crippen LogP contribution < -0.4 is 5.32 Å². The fourth-order valence-corrected chi connectivity index (χ4v) is 4.09. The number of phenols is 1. The van der Waals surface area contributed by atoms with Gasteiger partial charge < -0.3 is 19.1 Å². The van der Waals surface area contributed by atoms with Crippen LogP contribution in [0.1, 0.15) is 24.1 Å². The van der Waals surface area contributed by atoms with E-state index in [0.717, 1.165) is 47.2 Å². The fraction of sp³-hybridized carbons (Fsp3) is 0.368. The summed E-state index contributed by atoms with van der Waals surface area (Å²) in [5.41, 5.74) is 1.36. The van der Waals surface area contributed by atoms with Crippen molar-refractivity contribution < 1.29 is 24.2 Å². The predicted octanol–water partition coefficient (Wildman–Crippen LogP) is 1.37. The summed E-state index contributed by atoms with van der Waals surface area (Å²) in [5, 5.41) is 14.2. The lowest BCUT2D eigenvalue weighted by Crippen LogP contribution is -2.55. The van der Waals surface area contributed by atoms with E-state index >= 15 is 0 Å². The summed E-state index contributed by atoms with van der Waals surface area (Å²) in [6.45, 7) is 0.